The topological polar surface area (TPSA) is 62.3 Å². The second kappa shape index (κ2) is 4.97. The van der Waals surface area contributed by atoms with E-state index in [9.17, 15) is 8.42 Å². The molecule has 5 nitrogen and oxygen atoms in total. The van der Waals surface area contributed by atoms with Gasteiger partial charge in [0.05, 0.1) is 6.20 Å². The van der Waals surface area contributed by atoms with Crippen LogP contribution in [0.2, 0.25) is 4.47 Å². The third-order valence-corrected chi connectivity index (χ3v) is 5.28. The van der Waals surface area contributed by atoms with Gasteiger partial charge in [0.2, 0.25) is 0 Å². The van der Waals surface area contributed by atoms with Crippen molar-refractivity contribution in [3.63, 3.8) is 0 Å². The molecule has 0 atom stereocenters. The minimum Gasteiger partial charge on any atom is -0.232 e. The first kappa shape index (κ1) is 12.3. The highest BCUT2D eigenvalue weighted by Gasteiger charge is 2.21. The van der Waals surface area contributed by atoms with Gasteiger partial charge in [-0.15, -0.1) is 4.83 Å². The second-order valence-corrected chi connectivity index (χ2v) is 7.08. The van der Waals surface area contributed by atoms with E-state index in [0.717, 1.165) is 43.7 Å². The fraction of sp³-hybridized carbons (Fsp3) is 0.625. The monoisotopic (exact) mass is 281 g/mol. The summed E-state index contributed by atoms with van der Waals surface area (Å²) in [7, 11) is -3.49. The highest BCUT2D eigenvalue weighted by molar-refractivity contribution is 7.91. The number of aromatic nitrogens is 1. The van der Waals surface area contributed by atoms with Crippen molar-refractivity contribution in [3.8, 4) is 0 Å². The van der Waals surface area contributed by atoms with Gasteiger partial charge in [-0.2, -0.15) is 0 Å². The van der Waals surface area contributed by atoms with Gasteiger partial charge in [0, 0.05) is 13.1 Å². The van der Waals surface area contributed by atoms with E-state index in [1.165, 1.54) is 6.20 Å². The maximum atomic E-state index is 11.9. The van der Waals surface area contributed by atoms with Gasteiger partial charge in [0.1, 0.15) is 0 Å². The molecule has 8 heteroatoms. The van der Waals surface area contributed by atoms with E-state index in [2.05, 4.69) is 9.82 Å². The molecule has 2 rings (SSSR count). The van der Waals surface area contributed by atoms with Crippen LogP contribution in [0, 0.1) is 0 Å². The maximum Gasteiger partial charge on any atom is 0.264 e. The Labute approximate surface area is 103 Å². The molecule has 1 aromatic rings. The molecular weight excluding hydrogens is 270 g/mol. The van der Waals surface area contributed by atoms with E-state index < -0.39 is 10.0 Å². The molecule has 0 aliphatic carbocycles. The molecule has 0 spiro atoms. The summed E-state index contributed by atoms with van der Waals surface area (Å²) in [6, 6.07) is 0. The summed E-state index contributed by atoms with van der Waals surface area (Å²) in [5.74, 6) is 0. The maximum absolute atomic E-state index is 11.9. The second-order valence-electron chi connectivity index (χ2n) is 3.57. The van der Waals surface area contributed by atoms with Crippen LogP contribution in [0.4, 0.5) is 0 Å². The Morgan fingerprint density at radius 2 is 2.06 bits per heavy atom. The van der Waals surface area contributed by atoms with Crippen molar-refractivity contribution in [1.82, 2.24) is 14.8 Å². The van der Waals surface area contributed by atoms with Gasteiger partial charge in [0.15, 0.2) is 8.68 Å². The first-order valence-electron chi connectivity index (χ1n) is 4.97. The molecule has 1 saturated heterocycles. The van der Waals surface area contributed by atoms with Crippen molar-refractivity contribution in [2.75, 3.05) is 13.1 Å². The third-order valence-electron chi connectivity index (χ3n) is 2.33. The van der Waals surface area contributed by atoms with E-state index in [0.29, 0.717) is 0 Å². The number of nitrogens with zero attached hydrogens (tertiary/aromatic N) is 2. The highest BCUT2D eigenvalue weighted by atomic mass is 35.5. The van der Waals surface area contributed by atoms with E-state index in [1.807, 2.05) is 0 Å². The van der Waals surface area contributed by atoms with Crippen LogP contribution in [0.5, 0.6) is 0 Å². The zero-order valence-electron chi connectivity index (χ0n) is 8.52. The molecule has 0 radical (unpaired) electrons. The molecule has 1 aromatic heterocycles. The Morgan fingerprint density at radius 3 is 2.62 bits per heavy atom. The third kappa shape index (κ3) is 2.92. The fourth-order valence-corrected chi connectivity index (χ4v) is 3.97. The number of nitrogens with one attached hydrogen (secondary N) is 1. The summed E-state index contributed by atoms with van der Waals surface area (Å²) in [6.45, 7) is 1.51. The van der Waals surface area contributed by atoms with Crippen molar-refractivity contribution in [3.05, 3.63) is 10.7 Å². The van der Waals surface area contributed by atoms with Crippen molar-refractivity contribution in [2.24, 2.45) is 0 Å². The van der Waals surface area contributed by atoms with Crippen molar-refractivity contribution >= 4 is 33.0 Å². The minimum atomic E-state index is -3.49. The van der Waals surface area contributed by atoms with Crippen molar-refractivity contribution in [1.29, 1.82) is 0 Å². The Hall–Kier alpha value is -0.210. The SMILES string of the molecule is O=S(=O)(NN1CCCCC1)c1cnc(Cl)s1. The summed E-state index contributed by atoms with van der Waals surface area (Å²) in [5.41, 5.74) is 0. The number of hydrogen-bond acceptors (Lipinski definition) is 5. The Bertz CT molecular complexity index is 454. The summed E-state index contributed by atoms with van der Waals surface area (Å²) < 4.78 is 24.1. The van der Waals surface area contributed by atoms with Crippen LogP contribution in [-0.2, 0) is 10.0 Å². The summed E-state index contributed by atoms with van der Waals surface area (Å²) in [5, 5.41) is 1.73. The smallest absolute Gasteiger partial charge is 0.232 e. The van der Waals surface area contributed by atoms with E-state index in [1.54, 1.807) is 5.01 Å². The Balaban J connectivity index is 2.07. The van der Waals surface area contributed by atoms with Crippen LogP contribution in [0.15, 0.2) is 10.4 Å². The average molecular weight is 282 g/mol. The van der Waals surface area contributed by atoms with Crippen LogP contribution in [0.3, 0.4) is 0 Å². The molecule has 0 amide bonds. The number of rotatable bonds is 3. The van der Waals surface area contributed by atoms with Gasteiger partial charge < -0.3 is 0 Å². The molecule has 1 fully saturated rings. The number of hydrazine groups is 1. The summed E-state index contributed by atoms with van der Waals surface area (Å²) in [4.78, 5) is 6.26. The lowest BCUT2D eigenvalue weighted by atomic mass is 10.2. The van der Waals surface area contributed by atoms with E-state index in [-0.39, 0.29) is 8.68 Å². The number of thiazole rings is 1. The molecule has 16 heavy (non-hydrogen) atoms. The van der Waals surface area contributed by atoms with Gasteiger partial charge in [-0.1, -0.05) is 29.4 Å². The number of sulfonamides is 1. The predicted molar refractivity (Wildman–Crippen MR) is 62.9 cm³/mol. The van der Waals surface area contributed by atoms with Gasteiger partial charge in [-0.3, -0.25) is 0 Å². The van der Waals surface area contributed by atoms with Crippen molar-refractivity contribution < 1.29 is 8.42 Å². The van der Waals surface area contributed by atoms with Crippen LogP contribution in [-0.4, -0.2) is 31.5 Å². The Morgan fingerprint density at radius 1 is 1.38 bits per heavy atom. The fourth-order valence-electron chi connectivity index (χ4n) is 1.56. The number of piperidine rings is 1. The molecule has 0 aromatic carbocycles. The first-order chi connectivity index (χ1) is 7.58. The predicted octanol–water partition coefficient (Wildman–Crippen LogP) is 1.48. The first-order valence-corrected chi connectivity index (χ1v) is 7.64. The van der Waals surface area contributed by atoms with Gasteiger partial charge in [-0.05, 0) is 12.8 Å². The quantitative estimate of drug-likeness (QED) is 0.911. The molecule has 1 aliphatic heterocycles. The van der Waals surface area contributed by atoms with Crippen LogP contribution < -0.4 is 4.83 Å². The normalized spacial score (nSPS) is 18.8. The van der Waals surface area contributed by atoms with Gasteiger partial charge >= 0.3 is 0 Å². The average Bonchev–Trinajstić information content (AvgIpc) is 2.66. The van der Waals surface area contributed by atoms with Crippen LogP contribution in [0.25, 0.3) is 0 Å². The highest BCUT2D eigenvalue weighted by Crippen LogP contribution is 2.22. The van der Waals surface area contributed by atoms with Crippen LogP contribution in [0.1, 0.15) is 19.3 Å². The number of hydrogen-bond donors (Lipinski definition) is 1. The molecule has 1 aliphatic rings. The van der Waals surface area contributed by atoms with Crippen molar-refractivity contribution in [2.45, 2.75) is 23.5 Å². The standard InChI is InChI=1S/C8H12ClN3O2S2/c9-8-10-6-7(15-8)16(13,14)11-12-4-2-1-3-5-12/h6,11H,1-5H2. The van der Waals surface area contributed by atoms with Gasteiger partial charge in [0.25, 0.3) is 10.0 Å². The molecule has 0 bridgehead atoms. The Kier molecular flexibility index (Phi) is 3.81. The molecular formula is C8H12ClN3O2S2. The molecule has 0 saturated carbocycles. The largest absolute Gasteiger partial charge is 0.264 e. The molecule has 90 valence electrons. The van der Waals surface area contributed by atoms with E-state index in [4.69, 9.17) is 11.6 Å². The lowest BCUT2D eigenvalue weighted by Gasteiger charge is -2.26. The lowest BCUT2D eigenvalue weighted by Crippen LogP contribution is -2.44. The summed E-state index contributed by atoms with van der Waals surface area (Å²) >= 11 is 6.57. The molecule has 0 unspecified atom stereocenters. The molecule has 2 heterocycles. The number of halogens is 1. The minimum absolute atomic E-state index is 0.156. The zero-order chi connectivity index (χ0) is 11.6. The summed E-state index contributed by atoms with van der Waals surface area (Å²) in [6.07, 6.45) is 4.47. The van der Waals surface area contributed by atoms with Gasteiger partial charge in [-0.25, -0.2) is 18.4 Å². The zero-order valence-corrected chi connectivity index (χ0v) is 10.9. The van der Waals surface area contributed by atoms with Crippen LogP contribution >= 0.6 is 22.9 Å². The van der Waals surface area contributed by atoms with E-state index >= 15 is 0 Å². The lowest BCUT2D eigenvalue weighted by molar-refractivity contribution is 0.200. The molecule has 1 N–H and O–H groups in total.